The van der Waals surface area contributed by atoms with Gasteiger partial charge in [0.25, 0.3) is 0 Å². The zero-order chi connectivity index (χ0) is 15.6. The van der Waals surface area contributed by atoms with Crippen molar-refractivity contribution in [1.82, 2.24) is 0 Å². The Morgan fingerprint density at radius 3 is 2.19 bits per heavy atom. The van der Waals surface area contributed by atoms with Crippen LogP contribution in [0.4, 0.5) is 0 Å². The highest BCUT2D eigenvalue weighted by Crippen LogP contribution is 2.38. The van der Waals surface area contributed by atoms with Gasteiger partial charge in [-0.25, -0.2) is 0 Å². The van der Waals surface area contributed by atoms with E-state index in [2.05, 4.69) is 31.9 Å². The summed E-state index contributed by atoms with van der Waals surface area (Å²) in [6, 6.07) is 8.98. The molecule has 1 atom stereocenters. The molecule has 2 rings (SSSR count). The summed E-state index contributed by atoms with van der Waals surface area (Å²) in [5, 5.41) is 0.631. The van der Waals surface area contributed by atoms with Gasteiger partial charge >= 0.3 is 0 Å². The molecule has 2 aromatic carbocycles. The van der Waals surface area contributed by atoms with Gasteiger partial charge in [0.2, 0.25) is 0 Å². The molecule has 21 heavy (non-hydrogen) atoms. The van der Waals surface area contributed by atoms with Gasteiger partial charge in [-0.2, -0.15) is 0 Å². The summed E-state index contributed by atoms with van der Waals surface area (Å²) in [6.07, 6.45) is 0. The highest BCUT2D eigenvalue weighted by Gasteiger charge is 2.17. The van der Waals surface area contributed by atoms with Crippen LogP contribution in [0.5, 0.6) is 11.5 Å². The molecule has 1 unspecified atom stereocenters. The summed E-state index contributed by atoms with van der Waals surface area (Å²) >= 11 is 13.0. The first-order valence-corrected chi connectivity index (χ1v) is 8.05. The first-order valence-electron chi connectivity index (χ1n) is 6.09. The van der Waals surface area contributed by atoms with Gasteiger partial charge in [0.15, 0.2) is 11.5 Å². The second-order valence-corrected chi connectivity index (χ2v) is 6.62. The Hall–Kier alpha value is -0.750. The molecule has 0 bridgehead atoms. The standard InChI is InChI=1S/C15H14Br2ClNO2/c1-20-13-6-11(12(17)7-14(13)21-2)15(19)8-3-9(16)5-10(18)4-8/h3-7,15H,19H2,1-2H3. The third kappa shape index (κ3) is 3.72. The second kappa shape index (κ2) is 7.01. The van der Waals surface area contributed by atoms with E-state index in [4.69, 9.17) is 26.8 Å². The van der Waals surface area contributed by atoms with Gasteiger partial charge in [-0.3, -0.25) is 0 Å². The summed E-state index contributed by atoms with van der Waals surface area (Å²) in [6.45, 7) is 0. The van der Waals surface area contributed by atoms with Crippen LogP contribution in [0.1, 0.15) is 17.2 Å². The Balaban J connectivity index is 2.49. The molecule has 0 spiro atoms. The molecule has 0 aliphatic rings. The van der Waals surface area contributed by atoms with Crippen molar-refractivity contribution in [2.24, 2.45) is 5.73 Å². The van der Waals surface area contributed by atoms with Gasteiger partial charge < -0.3 is 15.2 Å². The molecule has 0 aliphatic heterocycles. The van der Waals surface area contributed by atoms with Crippen LogP contribution >= 0.6 is 43.5 Å². The largest absolute Gasteiger partial charge is 0.493 e. The third-order valence-corrected chi connectivity index (χ3v) is 4.44. The first-order chi connectivity index (χ1) is 9.96. The molecular weight excluding hydrogens is 421 g/mol. The highest BCUT2D eigenvalue weighted by molar-refractivity contribution is 9.10. The number of nitrogens with two attached hydrogens (primary N) is 1. The minimum absolute atomic E-state index is 0.339. The van der Waals surface area contributed by atoms with Crippen LogP contribution in [-0.4, -0.2) is 14.2 Å². The summed E-state index contributed by atoms with van der Waals surface area (Å²) in [5.41, 5.74) is 8.16. The predicted octanol–water partition coefficient (Wildman–Crippen LogP) is 4.93. The number of ether oxygens (including phenoxy) is 2. The molecule has 6 heteroatoms. The lowest BCUT2D eigenvalue weighted by molar-refractivity contribution is 0.354. The number of methoxy groups -OCH3 is 2. The Morgan fingerprint density at radius 1 is 1.00 bits per heavy atom. The SMILES string of the molecule is COc1cc(Br)c(C(N)c2cc(Cl)cc(Br)c2)cc1OC. The van der Waals surface area contributed by atoms with E-state index in [1.807, 2.05) is 30.3 Å². The molecule has 112 valence electrons. The summed E-state index contributed by atoms with van der Waals surface area (Å²) < 4.78 is 12.3. The van der Waals surface area contributed by atoms with Gasteiger partial charge in [-0.15, -0.1) is 0 Å². The molecule has 3 nitrogen and oxygen atoms in total. The Labute approximate surface area is 145 Å². The lowest BCUT2D eigenvalue weighted by Crippen LogP contribution is -2.13. The van der Waals surface area contributed by atoms with E-state index in [0.717, 1.165) is 20.1 Å². The van der Waals surface area contributed by atoms with Crippen molar-refractivity contribution < 1.29 is 9.47 Å². The summed E-state index contributed by atoms with van der Waals surface area (Å²) in [7, 11) is 3.19. The van der Waals surface area contributed by atoms with Crippen molar-refractivity contribution in [3.8, 4) is 11.5 Å². The first kappa shape index (κ1) is 16.6. The minimum atomic E-state index is -0.339. The second-order valence-electron chi connectivity index (χ2n) is 4.41. The van der Waals surface area contributed by atoms with Crippen LogP contribution in [0.3, 0.4) is 0 Å². The fourth-order valence-corrected chi connectivity index (χ4v) is 3.50. The molecule has 2 N–H and O–H groups in total. The van der Waals surface area contributed by atoms with Crippen LogP contribution in [0, 0.1) is 0 Å². The average Bonchev–Trinajstić information content (AvgIpc) is 2.45. The molecule has 0 aliphatic carbocycles. The molecule has 0 aromatic heterocycles. The lowest BCUT2D eigenvalue weighted by atomic mass is 9.99. The Morgan fingerprint density at radius 2 is 1.62 bits per heavy atom. The number of rotatable bonds is 4. The van der Waals surface area contributed by atoms with Gasteiger partial charge in [0.05, 0.1) is 20.3 Å². The molecule has 0 saturated carbocycles. The fourth-order valence-electron chi connectivity index (χ4n) is 2.04. The van der Waals surface area contributed by atoms with E-state index >= 15 is 0 Å². The maximum absolute atomic E-state index is 6.36. The topological polar surface area (TPSA) is 44.5 Å². The number of hydrogen-bond donors (Lipinski definition) is 1. The van der Waals surface area contributed by atoms with E-state index in [1.54, 1.807) is 14.2 Å². The third-order valence-electron chi connectivity index (χ3n) is 3.08. The molecule has 0 amide bonds. The van der Waals surface area contributed by atoms with Crippen LogP contribution in [-0.2, 0) is 0 Å². The van der Waals surface area contributed by atoms with Crippen molar-refractivity contribution in [1.29, 1.82) is 0 Å². The normalized spacial score (nSPS) is 12.1. The monoisotopic (exact) mass is 433 g/mol. The van der Waals surface area contributed by atoms with E-state index in [1.165, 1.54) is 0 Å². The highest BCUT2D eigenvalue weighted by atomic mass is 79.9. The van der Waals surface area contributed by atoms with E-state index in [0.29, 0.717) is 16.5 Å². The molecule has 0 saturated heterocycles. The lowest BCUT2D eigenvalue weighted by Gasteiger charge is -2.18. The number of hydrogen-bond acceptors (Lipinski definition) is 3. The van der Waals surface area contributed by atoms with Gasteiger partial charge in [-0.1, -0.05) is 43.5 Å². The molecule has 0 heterocycles. The molecular formula is C15H14Br2ClNO2. The zero-order valence-electron chi connectivity index (χ0n) is 11.5. The van der Waals surface area contributed by atoms with E-state index < -0.39 is 0 Å². The fraction of sp³-hybridized carbons (Fsp3) is 0.200. The quantitative estimate of drug-likeness (QED) is 0.741. The van der Waals surface area contributed by atoms with E-state index in [9.17, 15) is 0 Å². The van der Waals surface area contributed by atoms with E-state index in [-0.39, 0.29) is 6.04 Å². The van der Waals surface area contributed by atoms with Crippen LogP contribution in [0.25, 0.3) is 0 Å². The maximum Gasteiger partial charge on any atom is 0.161 e. The number of benzene rings is 2. The molecule has 0 fully saturated rings. The predicted molar refractivity (Wildman–Crippen MR) is 92.4 cm³/mol. The molecule has 0 radical (unpaired) electrons. The van der Waals surface area contributed by atoms with Gasteiger partial charge in [0.1, 0.15) is 0 Å². The zero-order valence-corrected chi connectivity index (χ0v) is 15.4. The summed E-state index contributed by atoms with van der Waals surface area (Å²) in [5.74, 6) is 1.28. The van der Waals surface area contributed by atoms with Crippen LogP contribution in [0.15, 0.2) is 39.3 Å². The minimum Gasteiger partial charge on any atom is -0.493 e. The van der Waals surface area contributed by atoms with Gasteiger partial charge in [-0.05, 0) is 41.5 Å². The van der Waals surface area contributed by atoms with Crippen molar-refractivity contribution in [3.05, 3.63) is 55.4 Å². The number of halogens is 3. The summed E-state index contributed by atoms with van der Waals surface area (Å²) in [4.78, 5) is 0. The van der Waals surface area contributed by atoms with Crippen molar-refractivity contribution >= 4 is 43.5 Å². The van der Waals surface area contributed by atoms with Crippen LogP contribution < -0.4 is 15.2 Å². The van der Waals surface area contributed by atoms with Gasteiger partial charge in [0, 0.05) is 14.0 Å². The van der Waals surface area contributed by atoms with Crippen LogP contribution in [0.2, 0.25) is 5.02 Å². The Kier molecular flexibility index (Phi) is 5.54. The smallest absolute Gasteiger partial charge is 0.161 e. The molecule has 2 aromatic rings. The average molecular weight is 436 g/mol. The van der Waals surface area contributed by atoms with Crippen molar-refractivity contribution in [2.75, 3.05) is 14.2 Å². The van der Waals surface area contributed by atoms with Crippen molar-refractivity contribution in [2.45, 2.75) is 6.04 Å². The maximum atomic E-state index is 6.36. The van der Waals surface area contributed by atoms with Crippen molar-refractivity contribution in [3.63, 3.8) is 0 Å². The Bertz CT molecular complexity index is 644.